The number of fused-ring (bicyclic) bond motifs is 1. The fourth-order valence-corrected chi connectivity index (χ4v) is 2.28. The van der Waals surface area contributed by atoms with Crippen LogP contribution in [0.15, 0.2) is 18.2 Å². The van der Waals surface area contributed by atoms with Gasteiger partial charge in [-0.15, -0.1) is 0 Å². The van der Waals surface area contributed by atoms with E-state index >= 15 is 0 Å². The Morgan fingerprint density at radius 3 is 2.71 bits per heavy atom. The summed E-state index contributed by atoms with van der Waals surface area (Å²) in [6, 6.07) is 5.13. The molecule has 0 bridgehead atoms. The van der Waals surface area contributed by atoms with Crippen molar-refractivity contribution < 1.29 is 13.6 Å². The molecule has 92 valence electrons. The Kier molecular flexibility index (Phi) is 3.47. The lowest BCUT2D eigenvalue weighted by Gasteiger charge is -2.26. The third-order valence-corrected chi connectivity index (χ3v) is 3.92. The van der Waals surface area contributed by atoms with E-state index in [0.717, 1.165) is 11.3 Å². The summed E-state index contributed by atoms with van der Waals surface area (Å²) in [5.41, 5.74) is 2.33. The number of alkyl halides is 3. The Balaban J connectivity index is 2.35. The first-order valence-corrected chi connectivity index (χ1v) is 6.24. The molecule has 0 radical (unpaired) electrons. The van der Waals surface area contributed by atoms with E-state index in [-0.39, 0.29) is 5.91 Å². The van der Waals surface area contributed by atoms with Gasteiger partial charge >= 0.3 is 0 Å². The van der Waals surface area contributed by atoms with E-state index in [0.29, 0.717) is 18.4 Å². The Labute approximate surface area is 107 Å². The Bertz CT molecular complexity index is 450. The number of benzene rings is 1. The predicted molar refractivity (Wildman–Crippen MR) is 65.8 cm³/mol. The van der Waals surface area contributed by atoms with Crippen molar-refractivity contribution in [3.8, 4) is 0 Å². The maximum Gasteiger partial charge on any atom is 0.255 e. The number of carbonyl (C=O) groups excluding carboxylic acids is 1. The van der Waals surface area contributed by atoms with Crippen LogP contribution in [0, 0.1) is 0 Å². The summed E-state index contributed by atoms with van der Waals surface area (Å²) in [7, 11) is 1.71. The molecule has 1 heterocycles. The lowest BCUT2D eigenvalue weighted by Crippen LogP contribution is -2.31. The average Bonchev–Trinajstić information content (AvgIpc) is 2.32. The summed E-state index contributed by atoms with van der Waals surface area (Å²) in [4.78, 5) is 12.1. The fourth-order valence-electron chi connectivity index (χ4n) is 1.99. The van der Waals surface area contributed by atoms with Gasteiger partial charge in [-0.05, 0) is 23.6 Å². The second kappa shape index (κ2) is 4.72. The van der Waals surface area contributed by atoms with Crippen LogP contribution in [0.4, 0.5) is 14.5 Å². The van der Waals surface area contributed by atoms with Crippen LogP contribution in [0.1, 0.15) is 22.4 Å². The number of hydrogen-bond acceptors (Lipinski definition) is 1. The summed E-state index contributed by atoms with van der Waals surface area (Å²) in [6.07, 6.45) is -1.37. The first kappa shape index (κ1) is 12.5. The Morgan fingerprint density at radius 1 is 1.35 bits per heavy atom. The van der Waals surface area contributed by atoms with Gasteiger partial charge in [0.1, 0.15) is 4.83 Å². The highest BCUT2D eigenvalue weighted by atomic mass is 79.9. The highest BCUT2D eigenvalue weighted by Crippen LogP contribution is 2.34. The second-order valence-electron chi connectivity index (χ2n) is 4.08. The summed E-state index contributed by atoms with van der Waals surface area (Å²) < 4.78 is 25.1. The molecule has 1 unspecified atom stereocenters. The van der Waals surface area contributed by atoms with Crippen LogP contribution >= 0.6 is 15.9 Å². The zero-order chi connectivity index (χ0) is 12.6. The number of nitrogens with zero attached hydrogens (tertiary/aromatic N) is 1. The predicted octanol–water partition coefficient (Wildman–Crippen LogP) is 3.30. The molecule has 1 amide bonds. The van der Waals surface area contributed by atoms with E-state index in [1.807, 2.05) is 0 Å². The topological polar surface area (TPSA) is 20.3 Å². The van der Waals surface area contributed by atoms with Gasteiger partial charge in [0.25, 0.3) is 6.43 Å². The zero-order valence-electron chi connectivity index (χ0n) is 9.29. The standard InChI is InChI=1S/C12H12BrF2NO/c1-16-9-4-2-8(11(13)12(14)15)6-7(9)3-5-10(16)17/h2,4,6,11-12H,3,5H2,1H3. The van der Waals surface area contributed by atoms with Crippen LogP contribution in [-0.4, -0.2) is 19.4 Å². The van der Waals surface area contributed by atoms with Crippen molar-refractivity contribution in [3.05, 3.63) is 29.3 Å². The zero-order valence-corrected chi connectivity index (χ0v) is 10.9. The SMILES string of the molecule is CN1C(=O)CCc2cc(C(Br)C(F)F)ccc21. The number of rotatable bonds is 2. The van der Waals surface area contributed by atoms with Crippen LogP contribution in [0.3, 0.4) is 0 Å². The van der Waals surface area contributed by atoms with Gasteiger partial charge in [0.15, 0.2) is 0 Å². The van der Waals surface area contributed by atoms with Gasteiger partial charge in [-0.3, -0.25) is 4.79 Å². The van der Waals surface area contributed by atoms with Gasteiger partial charge in [0.05, 0.1) is 0 Å². The van der Waals surface area contributed by atoms with Crippen LogP contribution in [0.5, 0.6) is 0 Å². The van der Waals surface area contributed by atoms with Crippen molar-refractivity contribution in [2.75, 3.05) is 11.9 Å². The number of carbonyl (C=O) groups is 1. The molecule has 5 heteroatoms. The number of hydrogen-bond donors (Lipinski definition) is 0. The normalized spacial score (nSPS) is 17.2. The van der Waals surface area contributed by atoms with Crippen molar-refractivity contribution in [1.82, 2.24) is 0 Å². The van der Waals surface area contributed by atoms with Crippen LogP contribution in [-0.2, 0) is 11.2 Å². The summed E-state index contributed by atoms with van der Waals surface area (Å²) >= 11 is 2.97. The first-order chi connectivity index (χ1) is 8.00. The van der Waals surface area contributed by atoms with E-state index in [4.69, 9.17) is 0 Å². The minimum absolute atomic E-state index is 0.0644. The molecule has 0 aliphatic carbocycles. The third-order valence-electron chi connectivity index (χ3n) is 2.99. The molecule has 0 aromatic heterocycles. The molecule has 1 aromatic rings. The second-order valence-corrected chi connectivity index (χ2v) is 5.06. The highest BCUT2D eigenvalue weighted by Gasteiger charge is 2.24. The molecular weight excluding hydrogens is 292 g/mol. The third kappa shape index (κ3) is 2.34. The van der Waals surface area contributed by atoms with Crippen LogP contribution in [0.2, 0.25) is 0 Å². The molecule has 2 nitrogen and oxygen atoms in total. The lowest BCUT2D eigenvalue weighted by atomic mass is 9.98. The monoisotopic (exact) mass is 303 g/mol. The average molecular weight is 304 g/mol. The van der Waals surface area contributed by atoms with E-state index in [2.05, 4.69) is 15.9 Å². The van der Waals surface area contributed by atoms with Crippen molar-refractivity contribution in [2.24, 2.45) is 0 Å². The molecule has 0 spiro atoms. The first-order valence-electron chi connectivity index (χ1n) is 5.32. The number of aryl methyl sites for hydroxylation is 1. The molecule has 0 fully saturated rings. The minimum atomic E-state index is -2.43. The van der Waals surface area contributed by atoms with E-state index in [9.17, 15) is 13.6 Å². The van der Waals surface area contributed by atoms with E-state index in [1.165, 1.54) is 0 Å². The van der Waals surface area contributed by atoms with Gasteiger partial charge in [0.2, 0.25) is 5.91 Å². The molecule has 0 saturated carbocycles. The quantitative estimate of drug-likeness (QED) is 0.768. The van der Waals surface area contributed by atoms with Crippen molar-refractivity contribution >= 4 is 27.5 Å². The maximum absolute atomic E-state index is 12.6. The number of anilines is 1. The smallest absolute Gasteiger partial charge is 0.255 e. The summed E-state index contributed by atoms with van der Waals surface area (Å²) in [6.45, 7) is 0. The summed E-state index contributed by atoms with van der Waals surface area (Å²) in [5, 5.41) is 0. The molecular formula is C12H12BrF2NO. The maximum atomic E-state index is 12.6. The molecule has 1 aromatic carbocycles. The number of amides is 1. The number of halogens is 3. The molecule has 17 heavy (non-hydrogen) atoms. The fraction of sp³-hybridized carbons (Fsp3) is 0.417. The largest absolute Gasteiger partial charge is 0.315 e. The van der Waals surface area contributed by atoms with Crippen molar-refractivity contribution in [2.45, 2.75) is 24.1 Å². The molecule has 0 N–H and O–H groups in total. The van der Waals surface area contributed by atoms with Crippen LogP contribution < -0.4 is 4.90 Å². The van der Waals surface area contributed by atoms with Gasteiger partial charge in [-0.2, -0.15) is 0 Å². The van der Waals surface area contributed by atoms with Gasteiger partial charge in [-0.25, -0.2) is 8.78 Å². The Hall–Kier alpha value is -0.970. The molecule has 2 rings (SSSR count). The molecule has 1 aliphatic heterocycles. The van der Waals surface area contributed by atoms with Gasteiger partial charge in [0, 0.05) is 19.2 Å². The van der Waals surface area contributed by atoms with Gasteiger partial charge in [-0.1, -0.05) is 28.1 Å². The van der Waals surface area contributed by atoms with Gasteiger partial charge < -0.3 is 4.90 Å². The van der Waals surface area contributed by atoms with Crippen molar-refractivity contribution in [1.29, 1.82) is 0 Å². The lowest BCUT2D eigenvalue weighted by molar-refractivity contribution is -0.118. The van der Waals surface area contributed by atoms with E-state index < -0.39 is 11.3 Å². The van der Waals surface area contributed by atoms with Crippen LogP contribution in [0.25, 0.3) is 0 Å². The Morgan fingerprint density at radius 2 is 2.06 bits per heavy atom. The van der Waals surface area contributed by atoms with E-state index in [1.54, 1.807) is 30.1 Å². The molecule has 1 aliphatic rings. The minimum Gasteiger partial charge on any atom is -0.315 e. The van der Waals surface area contributed by atoms with Crippen molar-refractivity contribution in [3.63, 3.8) is 0 Å². The highest BCUT2D eigenvalue weighted by molar-refractivity contribution is 9.09. The summed E-state index contributed by atoms with van der Waals surface area (Å²) in [5.74, 6) is 0.0644. The molecule has 1 atom stereocenters. The molecule has 0 saturated heterocycles.